The number of benzene rings is 1. The molecule has 8 nitrogen and oxygen atoms in total. The summed E-state index contributed by atoms with van der Waals surface area (Å²) in [5.41, 5.74) is 6.24. The van der Waals surface area contributed by atoms with E-state index in [9.17, 15) is 9.59 Å². The van der Waals surface area contributed by atoms with E-state index in [1.54, 1.807) is 0 Å². The predicted octanol–water partition coefficient (Wildman–Crippen LogP) is 4.23. The van der Waals surface area contributed by atoms with Crippen LogP contribution in [0.25, 0.3) is 16.5 Å². The van der Waals surface area contributed by atoms with Gasteiger partial charge in [0.25, 0.3) is 11.5 Å². The summed E-state index contributed by atoms with van der Waals surface area (Å²) in [5.74, 6) is -0.167. The van der Waals surface area contributed by atoms with Gasteiger partial charge < -0.3 is 15.6 Å². The number of carbonyl (C=O) groups excluding carboxylic acids is 1. The fourth-order valence-corrected chi connectivity index (χ4v) is 6.77. The van der Waals surface area contributed by atoms with E-state index in [4.69, 9.17) is 5.10 Å². The molecule has 2 fully saturated rings. The van der Waals surface area contributed by atoms with Gasteiger partial charge >= 0.3 is 0 Å². The molecule has 1 saturated carbocycles. The number of aromatic nitrogens is 3. The van der Waals surface area contributed by atoms with Gasteiger partial charge in [-0.2, -0.15) is 5.10 Å². The van der Waals surface area contributed by atoms with Crippen molar-refractivity contribution in [3.63, 3.8) is 0 Å². The van der Waals surface area contributed by atoms with E-state index in [0.29, 0.717) is 23.2 Å². The SMILES string of the molecule is Cc1cc(C)c(CNC(=O)c2cc(C3=CCN(C4CCNCC4)CC3)cc3c2cnn3C2CCCC2)c(=O)[nH]1. The summed E-state index contributed by atoms with van der Waals surface area (Å²) in [6.45, 7) is 8.18. The van der Waals surface area contributed by atoms with Crippen LogP contribution in [0.4, 0.5) is 0 Å². The molecule has 0 unspecified atom stereocenters. The number of fused-ring (bicyclic) bond motifs is 1. The van der Waals surface area contributed by atoms with Crippen LogP contribution < -0.4 is 16.2 Å². The maximum Gasteiger partial charge on any atom is 0.253 e. The number of aryl methyl sites for hydroxylation is 2. The average molecular weight is 529 g/mol. The van der Waals surface area contributed by atoms with Crippen molar-refractivity contribution < 1.29 is 4.79 Å². The lowest BCUT2D eigenvalue weighted by molar-refractivity contribution is 0.0952. The Labute approximate surface area is 229 Å². The van der Waals surface area contributed by atoms with Gasteiger partial charge in [0.05, 0.1) is 23.3 Å². The van der Waals surface area contributed by atoms with E-state index >= 15 is 0 Å². The highest BCUT2D eigenvalue weighted by molar-refractivity contribution is 6.07. The largest absolute Gasteiger partial charge is 0.348 e. The Hall–Kier alpha value is -3.23. The van der Waals surface area contributed by atoms with Gasteiger partial charge in [-0.3, -0.25) is 19.2 Å². The summed E-state index contributed by atoms with van der Waals surface area (Å²) < 4.78 is 2.15. The van der Waals surface area contributed by atoms with Crippen molar-refractivity contribution in [3.05, 3.63) is 68.8 Å². The zero-order valence-corrected chi connectivity index (χ0v) is 23.2. The van der Waals surface area contributed by atoms with Crippen molar-refractivity contribution in [1.82, 2.24) is 30.3 Å². The third-order valence-corrected chi connectivity index (χ3v) is 8.99. The van der Waals surface area contributed by atoms with Gasteiger partial charge in [0, 0.05) is 42.3 Å². The van der Waals surface area contributed by atoms with E-state index in [1.807, 2.05) is 32.2 Å². The molecule has 8 heteroatoms. The first-order chi connectivity index (χ1) is 19.0. The van der Waals surface area contributed by atoms with Crippen LogP contribution >= 0.6 is 0 Å². The molecule has 3 N–H and O–H groups in total. The number of rotatable bonds is 6. The Morgan fingerprint density at radius 3 is 2.59 bits per heavy atom. The van der Waals surface area contributed by atoms with E-state index in [2.05, 4.69) is 37.3 Å². The Kier molecular flexibility index (Phi) is 7.40. The molecule has 3 aliphatic rings. The molecule has 2 aromatic heterocycles. The second-order valence-electron chi connectivity index (χ2n) is 11.6. The fourth-order valence-electron chi connectivity index (χ4n) is 6.77. The first kappa shape index (κ1) is 26.0. The molecule has 0 atom stereocenters. The van der Waals surface area contributed by atoms with Gasteiger partial charge in [0.1, 0.15) is 0 Å². The molecule has 1 saturated heterocycles. The number of aromatic amines is 1. The number of piperidine rings is 1. The second kappa shape index (κ2) is 11.1. The number of nitrogens with zero attached hydrogens (tertiary/aromatic N) is 3. The van der Waals surface area contributed by atoms with E-state index in [0.717, 1.165) is 73.2 Å². The van der Waals surface area contributed by atoms with Crippen LogP contribution in [-0.4, -0.2) is 57.8 Å². The molecule has 6 rings (SSSR count). The van der Waals surface area contributed by atoms with Crippen LogP contribution in [-0.2, 0) is 6.54 Å². The predicted molar refractivity (Wildman–Crippen MR) is 155 cm³/mol. The normalized spacial score (nSPS) is 19.5. The highest BCUT2D eigenvalue weighted by atomic mass is 16.1. The topological polar surface area (TPSA) is 95.1 Å². The maximum atomic E-state index is 13.7. The smallest absolute Gasteiger partial charge is 0.253 e. The van der Waals surface area contributed by atoms with Crippen molar-refractivity contribution in [2.24, 2.45) is 0 Å². The minimum Gasteiger partial charge on any atom is -0.348 e. The molecule has 0 bridgehead atoms. The average Bonchev–Trinajstić information content (AvgIpc) is 3.62. The molecule has 4 heterocycles. The Morgan fingerprint density at radius 1 is 1.08 bits per heavy atom. The quantitative estimate of drug-likeness (QED) is 0.445. The number of nitrogens with one attached hydrogen (secondary N) is 3. The number of hydrogen-bond donors (Lipinski definition) is 3. The Bertz CT molecular complexity index is 1460. The van der Waals surface area contributed by atoms with Crippen LogP contribution in [0.2, 0.25) is 0 Å². The highest BCUT2D eigenvalue weighted by Gasteiger charge is 2.26. The van der Waals surface area contributed by atoms with Gasteiger partial charge in [-0.1, -0.05) is 18.9 Å². The summed E-state index contributed by atoms with van der Waals surface area (Å²) in [6.07, 6.45) is 12.3. The van der Waals surface area contributed by atoms with Crippen LogP contribution in [0, 0.1) is 13.8 Å². The molecule has 2 aliphatic heterocycles. The van der Waals surface area contributed by atoms with Gasteiger partial charge in [-0.05, 0) is 93.9 Å². The Balaban J connectivity index is 1.31. The molecule has 1 aliphatic carbocycles. The van der Waals surface area contributed by atoms with Crippen molar-refractivity contribution in [1.29, 1.82) is 0 Å². The van der Waals surface area contributed by atoms with Crippen molar-refractivity contribution in [2.45, 2.75) is 77.4 Å². The van der Waals surface area contributed by atoms with Crippen LogP contribution in [0.5, 0.6) is 0 Å². The van der Waals surface area contributed by atoms with Gasteiger partial charge in [0.15, 0.2) is 0 Å². The Morgan fingerprint density at radius 2 is 1.87 bits per heavy atom. The maximum absolute atomic E-state index is 13.7. The van der Waals surface area contributed by atoms with Crippen LogP contribution in [0.15, 0.2) is 35.3 Å². The van der Waals surface area contributed by atoms with E-state index < -0.39 is 0 Å². The molecule has 1 aromatic carbocycles. The van der Waals surface area contributed by atoms with E-state index in [-0.39, 0.29) is 18.0 Å². The zero-order valence-electron chi connectivity index (χ0n) is 23.2. The minimum atomic E-state index is -0.167. The standard InChI is InChI=1S/C31H40N6O2/c1-20-15-21(2)35-31(39)27(20)18-33-30(38)26-16-23(17-29-28(26)19-34-37(29)25-5-3-4-6-25)22-9-13-36(14-10-22)24-7-11-32-12-8-24/h9,15-17,19,24-25,32H,3-8,10-14,18H2,1-2H3,(H,33,38)(H,35,39). The lowest BCUT2D eigenvalue weighted by atomic mass is 9.94. The highest BCUT2D eigenvalue weighted by Crippen LogP contribution is 2.35. The van der Waals surface area contributed by atoms with Gasteiger partial charge in [-0.25, -0.2) is 0 Å². The molecule has 0 spiro atoms. The summed E-state index contributed by atoms with van der Waals surface area (Å²) in [6, 6.07) is 7.27. The number of hydrogen-bond acceptors (Lipinski definition) is 5. The first-order valence-electron chi connectivity index (χ1n) is 14.6. The van der Waals surface area contributed by atoms with Crippen molar-refractivity contribution in [3.8, 4) is 0 Å². The summed E-state index contributed by atoms with van der Waals surface area (Å²) in [7, 11) is 0. The third kappa shape index (κ3) is 5.32. The van der Waals surface area contributed by atoms with Crippen molar-refractivity contribution >= 4 is 22.4 Å². The molecule has 206 valence electrons. The lowest BCUT2D eigenvalue weighted by Gasteiger charge is -2.36. The molecular weight excluding hydrogens is 488 g/mol. The molecule has 0 radical (unpaired) electrons. The zero-order chi connectivity index (χ0) is 26.9. The molecule has 1 amide bonds. The number of H-pyrrole nitrogens is 1. The summed E-state index contributed by atoms with van der Waals surface area (Å²) >= 11 is 0. The molecule has 39 heavy (non-hydrogen) atoms. The lowest BCUT2D eigenvalue weighted by Crippen LogP contribution is -2.44. The summed E-state index contributed by atoms with van der Waals surface area (Å²) in [4.78, 5) is 31.7. The second-order valence-corrected chi connectivity index (χ2v) is 11.6. The monoisotopic (exact) mass is 528 g/mol. The van der Waals surface area contributed by atoms with Crippen LogP contribution in [0.1, 0.15) is 83.7 Å². The number of amides is 1. The molecule has 3 aromatic rings. The molecular formula is C31H40N6O2. The fraction of sp³-hybridized carbons (Fsp3) is 0.516. The number of carbonyl (C=O) groups is 1. The van der Waals surface area contributed by atoms with Crippen LogP contribution in [0.3, 0.4) is 0 Å². The van der Waals surface area contributed by atoms with Crippen molar-refractivity contribution in [2.75, 3.05) is 26.2 Å². The third-order valence-electron chi connectivity index (χ3n) is 8.99. The van der Waals surface area contributed by atoms with E-state index in [1.165, 1.54) is 31.3 Å². The summed E-state index contributed by atoms with van der Waals surface area (Å²) in [5, 5.41) is 12.2. The minimum absolute atomic E-state index is 0.147. The van der Waals surface area contributed by atoms with Gasteiger partial charge in [-0.15, -0.1) is 0 Å². The number of pyridine rings is 1. The van der Waals surface area contributed by atoms with Gasteiger partial charge in [0.2, 0.25) is 0 Å². The first-order valence-corrected chi connectivity index (χ1v) is 14.6.